The van der Waals surface area contributed by atoms with Crippen LogP contribution >= 0.6 is 11.8 Å². The lowest BCUT2D eigenvalue weighted by molar-refractivity contribution is -0.114. The number of benzene rings is 1. The van der Waals surface area contributed by atoms with E-state index in [2.05, 4.69) is 45.9 Å². The molecule has 26 heavy (non-hydrogen) atoms. The van der Waals surface area contributed by atoms with Gasteiger partial charge in [0.25, 0.3) is 5.91 Å². The second kappa shape index (κ2) is 6.10. The Balaban J connectivity index is 1.78. The largest absolute Gasteiger partial charge is 0.318 e. The predicted molar refractivity (Wildman–Crippen MR) is 106 cm³/mol. The van der Waals surface area contributed by atoms with Gasteiger partial charge in [-0.05, 0) is 62.4 Å². The fourth-order valence-corrected chi connectivity index (χ4v) is 3.73. The third-order valence-corrected chi connectivity index (χ3v) is 5.13. The van der Waals surface area contributed by atoms with Crippen molar-refractivity contribution in [3.63, 3.8) is 0 Å². The zero-order chi connectivity index (χ0) is 18.4. The number of aliphatic imine (C=N–C) groups is 1. The van der Waals surface area contributed by atoms with E-state index in [0.717, 1.165) is 22.6 Å². The molecule has 130 valence electrons. The molecule has 4 rings (SSSR count). The molecule has 0 radical (unpaired) electrons. The molecule has 0 saturated heterocycles. The van der Waals surface area contributed by atoms with Crippen molar-refractivity contribution >= 4 is 40.3 Å². The quantitative estimate of drug-likeness (QED) is 0.828. The molecule has 0 fully saturated rings. The molecule has 0 atom stereocenters. The maximum Gasteiger partial charge on any atom is 0.283 e. The molecule has 2 aliphatic heterocycles. The molecule has 6 nitrogen and oxygen atoms in total. The first-order valence-corrected chi connectivity index (χ1v) is 9.02. The third kappa shape index (κ3) is 2.61. The number of amidine groups is 2. The summed E-state index contributed by atoms with van der Waals surface area (Å²) >= 11 is 1.24. The number of thioether (sulfide) groups is 1. The number of hydrazone groups is 1. The van der Waals surface area contributed by atoms with E-state index in [1.54, 1.807) is 11.6 Å². The zero-order valence-electron chi connectivity index (χ0n) is 14.6. The van der Waals surface area contributed by atoms with Crippen LogP contribution in [0.25, 0.3) is 11.8 Å². The van der Waals surface area contributed by atoms with E-state index < -0.39 is 5.91 Å². The number of carbonyl (C=O) groups excluding carboxylic acids is 1. The number of hydrogen-bond donors (Lipinski definition) is 1. The van der Waals surface area contributed by atoms with Crippen molar-refractivity contribution < 1.29 is 4.79 Å². The van der Waals surface area contributed by atoms with Crippen LogP contribution in [0.15, 0.2) is 46.0 Å². The average molecular weight is 363 g/mol. The molecule has 3 heterocycles. The van der Waals surface area contributed by atoms with Gasteiger partial charge in [0, 0.05) is 17.1 Å². The number of aromatic nitrogens is 1. The lowest BCUT2D eigenvalue weighted by Crippen LogP contribution is -2.35. The van der Waals surface area contributed by atoms with Gasteiger partial charge in [-0.25, -0.2) is 0 Å². The topological polar surface area (TPSA) is 73.8 Å². The zero-order valence-corrected chi connectivity index (χ0v) is 15.5. The third-order valence-electron chi connectivity index (χ3n) is 4.46. The molecular formula is C19H17N5OS. The van der Waals surface area contributed by atoms with Crippen LogP contribution in [0.2, 0.25) is 0 Å². The summed E-state index contributed by atoms with van der Waals surface area (Å²) < 4.78 is 2.14. The van der Waals surface area contributed by atoms with Crippen molar-refractivity contribution in [2.75, 3.05) is 0 Å². The molecule has 7 heteroatoms. The van der Waals surface area contributed by atoms with E-state index in [0.29, 0.717) is 5.17 Å². The van der Waals surface area contributed by atoms with Crippen molar-refractivity contribution in [3.8, 4) is 5.69 Å². The van der Waals surface area contributed by atoms with Crippen LogP contribution in [-0.4, -0.2) is 32.0 Å². The van der Waals surface area contributed by atoms with Crippen molar-refractivity contribution in [1.29, 1.82) is 5.41 Å². The summed E-state index contributed by atoms with van der Waals surface area (Å²) in [7, 11) is 0. The number of hydrogen-bond acceptors (Lipinski definition) is 4. The molecule has 1 N–H and O–H groups in total. The van der Waals surface area contributed by atoms with Gasteiger partial charge in [-0.1, -0.05) is 17.7 Å². The Hall–Kier alpha value is -2.93. The Morgan fingerprint density at radius 3 is 2.62 bits per heavy atom. The van der Waals surface area contributed by atoms with Crippen LogP contribution in [0, 0.1) is 26.2 Å². The SMILES string of the molecule is Cc1ccc(-n2c(C)cc(C=C3C(=N)N4N=CSC4=NC3=O)c2C)cc1. The van der Waals surface area contributed by atoms with E-state index in [1.165, 1.54) is 22.3 Å². The van der Waals surface area contributed by atoms with E-state index in [1.807, 2.05) is 19.9 Å². The van der Waals surface area contributed by atoms with Gasteiger partial charge in [-0.3, -0.25) is 10.2 Å². The lowest BCUT2D eigenvalue weighted by Gasteiger charge is -2.20. The summed E-state index contributed by atoms with van der Waals surface area (Å²) in [5.41, 5.74) is 7.06. The molecule has 2 aromatic rings. The van der Waals surface area contributed by atoms with Crippen molar-refractivity contribution in [1.82, 2.24) is 9.58 Å². The normalized spacial score (nSPS) is 17.9. The summed E-state index contributed by atoms with van der Waals surface area (Å²) in [5.74, 6) is -0.347. The minimum atomic E-state index is -0.403. The number of nitrogens with zero attached hydrogens (tertiary/aromatic N) is 4. The maximum atomic E-state index is 12.4. The van der Waals surface area contributed by atoms with Gasteiger partial charge in [0.1, 0.15) is 0 Å². The molecule has 1 amide bonds. The van der Waals surface area contributed by atoms with Gasteiger partial charge < -0.3 is 4.57 Å². The Morgan fingerprint density at radius 2 is 1.88 bits per heavy atom. The highest BCUT2D eigenvalue weighted by molar-refractivity contribution is 8.25. The Labute approximate surface area is 155 Å². The summed E-state index contributed by atoms with van der Waals surface area (Å²) in [4.78, 5) is 16.4. The Bertz CT molecular complexity index is 1030. The second-order valence-electron chi connectivity index (χ2n) is 6.25. The fraction of sp³-hybridized carbons (Fsp3) is 0.158. The van der Waals surface area contributed by atoms with E-state index >= 15 is 0 Å². The highest BCUT2D eigenvalue weighted by Crippen LogP contribution is 2.27. The highest BCUT2D eigenvalue weighted by atomic mass is 32.2. The number of fused-ring (bicyclic) bond motifs is 1. The van der Waals surface area contributed by atoms with Crippen molar-refractivity contribution in [2.24, 2.45) is 10.1 Å². The maximum absolute atomic E-state index is 12.4. The van der Waals surface area contributed by atoms with Crippen LogP contribution in [0.3, 0.4) is 0 Å². The van der Waals surface area contributed by atoms with Crippen LogP contribution in [0.5, 0.6) is 0 Å². The molecule has 0 bridgehead atoms. The first kappa shape index (κ1) is 16.5. The molecule has 0 unspecified atom stereocenters. The second-order valence-corrected chi connectivity index (χ2v) is 7.07. The van der Waals surface area contributed by atoms with Crippen molar-refractivity contribution in [2.45, 2.75) is 20.8 Å². The minimum absolute atomic E-state index is 0.0568. The van der Waals surface area contributed by atoms with Crippen LogP contribution in [0.4, 0.5) is 0 Å². The molecule has 0 spiro atoms. The Morgan fingerprint density at radius 1 is 1.15 bits per heavy atom. The average Bonchev–Trinajstić information content (AvgIpc) is 3.17. The van der Waals surface area contributed by atoms with Gasteiger partial charge >= 0.3 is 0 Å². The van der Waals surface area contributed by atoms with E-state index in [-0.39, 0.29) is 11.4 Å². The number of carbonyl (C=O) groups is 1. The summed E-state index contributed by atoms with van der Waals surface area (Å²) in [6, 6.07) is 10.3. The van der Waals surface area contributed by atoms with E-state index in [4.69, 9.17) is 5.41 Å². The first-order chi connectivity index (χ1) is 12.5. The molecule has 0 aliphatic carbocycles. The summed E-state index contributed by atoms with van der Waals surface area (Å²) in [6.07, 6.45) is 1.73. The number of nitrogens with one attached hydrogen (secondary N) is 1. The summed E-state index contributed by atoms with van der Waals surface area (Å²) in [5, 5.41) is 14.2. The van der Waals surface area contributed by atoms with E-state index in [9.17, 15) is 4.79 Å². The smallest absolute Gasteiger partial charge is 0.283 e. The predicted octanol–water partition coefficient (Wildman–Crippen LogP) is 3.65. The lowest BCUT2D eigenvalue weighted by atomic mass is 10.1. The van der Waals surface area contributed by atoms with Crippen LogP contribution in [-0.2, 0) is 4.79 Å². The van der Waals surface area contributed by atoms with Crippen LogP contribution < -0.4 is 0 Å². The van der Waals surface area contributed by atoms with Gasteiger partial charge in [-0.2, -0.15) is 15.1 Å². The molecule has 2 aliphatic rings. The highest BCUT2D eigenvalue weighted by Gasteiger charge is 2.32. The minimum Gasteiger partial charge on any atom is -0.318 e. The monoisotopic (exact) mass is 363 g/mol. The first-order valence-electron chi connectivity index (χ1n) is 8.14. The number of aryl methyl sites for hydroxylation is 2. The number of rotatable bonds is 2. The van der Waals surface area contributed by atoms with Gasteiger partial charge in [0.2, 0.25) is 0 Å². The van der Waals surface area contributed by atoms with Gasteiger partial charge in [0.15, 0.2) is 11.0 Å². The standard InChI is InChI=1S/C19H17N5OS/c1-11-4-6-15(7-5-11)23-12(2)8-14(13(23)3)9-16-17(20)24-19(22-18(16)25)26-10-21-24/h4-10,20H,1-3H3. The molecule has 1 aromatic carbocycles. The van der Waals surface area contributed by atoms with Gasteiger partial charge in [-0.15, -0.1) is 0 Å². The Kier molecular flexibility index (Phi) is 3.88. The molecule has 1 aromatic heterocycles. The van der Waals surface area contributed by atoms with Crippen molar-refractivity contribution in [3.05, 3.63) is 58.4 Å². The summed E-state index contributed by atoms with van der Waals surface area (Å²) in [6.45, 7) is 6.10. The van der Waals surface area contributed by atoms with Crippen LogP contribution in [0.1, 0.15) is 22.5 Å². The molecule has 0 saturated carbocycles. The number of amides is 1. The van der Waals surface area contributed by atoms with Gasteiger partial charge in [0.05, 0.1) is 11.1 Å². The molecular weight excluding hydrogens is 346 g/mol. The fourth-order valence-electron chi connectivity index (χ4n) is 3.12.